The van der Waals surface area contributed by atoms with Gasteiger partial charge in [0.15, 0.2) is 18.1 Å². The molecule has 2 N–H and O–H groups in total. The fourth-order valence-corrected chi connectivity index (χ4v) is 2.80. The summed E-state index contributed by atoms with van der Waals surface area (Å²) in [6.45, 7) is 6.17. The van der Waals surface area contributed by atoms with E-state index in [-0.39, 0.29) is 12.4 Å². The predicted molar refractivity (Wildman–Crippen MR) is 127 cm³/mol. The van der Waals surface area contributed by atoms with E-state index in [1.165, 1.54) is 17.8 Å². The molecule has 0 aromatic heterocycles. The maximum absolute atomic E-state index is 12.1. The van der Waals surface area contributed by atoms with Gasteiger partial charge in [-0.3, -0.25) is 4.79 Å². The number of carbonyl (C=O) groups excluding carboxylic acids is 1. The summed E-state index contributed by atoms with van der Waals surface area (Å²) >= 11 is 0. The highest BCUT2D eigenvalue weighted by molar-refractivity contribution is 5.86. The first kappa shape index (κ1) is 23.5. The normalized spacial score (nSPS) is 11.1. The largest absolute Gasteiger partial charge is 0.507 e. The van der Waals surface area contributed by atoms with E-state index in [0.717, 1.165) is 11.3 Å². The maximum Gasteiger partial charge on any atom is 0.277 e. The number of aromatic hydroxyl groups is 1. The Hall–Kier alpha value is -4.20. The van der Waals surface area contributed by atoms with Crippen LogP contribution in [0.1, 0.15) is 23.6 Å². The summed E-state index contributed by atoms with van der Waals surface area (Å²) < 4.78 is 11.0. The van der Waals surface area contributed by atoms with Crippen molar-refractivity contribution < 1.29 is 19.4 Å². The molecule has 1 amide bonds. The molecule has 3 aromatic rings. The van der Waals surface area contributed by atoms with Crippen molar-refractivity contribution in [3.05, 3.63) is 77.4 Å². The quantitative estimate of drug-likeness (QED) is 0.262. The lowest BCUT2D eigenvalue weighted by molar-refractivity contribution is -0.123. The molecule has 170 valence electrons. The van der Waals surface area contributed by atoms with E-state index in [9.17, 15) is 9.90 Å². The molecule has 8 heteroatoms. The Kier molecular flexibility index (Phi) is 8.13. The number of carbonyl (C=O) groups is 1. The fourth-order valence-electron chi connectivity index (χ4n) is 2.80. The number of hydrogen-bond acceptors (Lipinski definition) is 7. The zero-order chi connectivity index (χ0) is 23.6. The van der Waals surface area contributed by atoms with Gasteiger partial charge in [-0.2, -0.15) is 15.3 Å². The van der Waals surface area contributed by atoms with Crippen LogP contribution in [0.4, 0.5) is 11.4 Å². The molecule has 3 rings (SSSR count). The number of nitrogens with zero attached hydrogens (tertiary/aromatic N) is 3. The molecule has 0 spiro atoms. The van der Waals surface area contributed by atoms with E-state index in [1.54, 1.807) is 30.3 Å². The summed E-state index contributed by atoms with van der Waals surface area (Å²) in [6, 6.07) is 17.7. The van der Waals surface area contributed by atoms with Crippen LogP contribution in [0, 0.1) is 13.8 Å². The molecule has 0 heterocycles. The molecule has 0 aliphatic rings. The van der Waals surface area contributed by atoms with Gasteiger partial charge in [0.1, 0.15) is 5.75 Å². The number of ether oxygens (including phenoxy) is 2. The molecule has 0 bridgehead atoms. The minimum absolute atomic E-state index is 0.0000195. The zero-order valence-corrected chi connectivity index (χ0v) is 18.8. The van der Waals surface area contributed by atoms with Crippen molar-refractivity contribution in [2.24, 2.45) is 15.3 Å². The van der Waals surface area contributed by atoms with Crippen molar-refractivity contribution in [3.8, 4) is 17.2 Å². The van der Waals surface area contributed by atoms with Gasteiger partial charge in [-0.1, -0.05) is 18.2 Å². The van der Waals surface area contributed by atoms with E-state index < -0.39 is 5.91 Å². The number of rotatable bonds is 9. The van der Waals surface area contributed by atoms with Crippen LogP contribution in [-0.2, 0) is 4.79 Å². The molecule has 0 fully saturated rings. The number of hydrogen-bond donors (Lipinski definition) is 2. The lowest BCUT2D eigenvalue weighted by Gasteiger charge is -2.10. The average molecular weight is 447 g/mol. The van der Waals surface area contributed by atoms with Gasteiger partial charge in [-0.05, 0) is 74.4 Å². The lowest BCUT2D eigenvalue weighted by Crippen LogP contribution is -2.24. The standard InChI is InChI=1S/C25H26N4O4/c1-4-32-23-7-5-6-8-24(23)33-16-25(31)29-26-15-19-14-21(11-12-22(19)30)28-27-20-10-9-17(2)18(3)13-20/h5-15,30H,4,16H2,1-3H3,(H,29,31)/b26-15-,28-27?. The van der Waals surface area contributed by atoms with Gasteiger partial charge >= 0.3 is 0 Å². The Labute approximate surface area is 192 Å². The molecule has 0 unspecified atom stereocenters. The highest BCUT2D eigenvalue weighted by atomic mass is 16.5. The number of phenolic OH excluding ortho intramolecular Hbond substituents is 1. The van der Waals surface area contributed by atoms with Gasteiger partial charge in [0, 0.05) is 5.56 Å². The summed E-state index contributed by atoms with van der Waals surface area (Å²) in [5.74, 6) is 0.577. The second-order valence-electron chi connectivity index (χ2n) is 7.17. The molecule has 33 heavy (non-hydrogen) atoms. The van der Waals surface area contributed by atoms with Crippen LogP contribution in [-0.4, -0.2) is 30.4 Å². The molecular weight excluding hydrogens is 420 g/mol. The van der Waals surface area contributed by atoms with Crippen molar-refractivity contribution in [1.29, 1.82) is 0 Å². The van der Waals surface area contributed by atoms with Crippen molar-refractivity contribution in [2.75, 3.05) is 13.2 Å². The summed E-state index contributed by atoms with van der Waals surface area (Å²) in [5, 5.41) is 22.4. The Balaban J connectivity index is 1.59. The molecule has 0 saturated carbocycles. The third-order valence-electron chi connectivity index (χ3n) is 4.68. The molecule has 0 radical (unpaired) electrons. The number of phenols is 1. The van der Waals surface area contributed by atoms with Crippen LogP contribution in [0.2, 0.25) is 0 Å². The lowest BCUT2D eigenvalue weighted by atomic mass is 10.1. The molecule has 0 saturated heterocycles. The minimum Gasteiger partial charge on any atom is -0.507 e. The fraction of sp³-hybridized carbons (Fsp3) is 0.200. The number of para-hydroxylation sites is 2. The Morgan fingerprint density at radius 3 is 2.30 bits per heavy atom. The summed E-state index contributed by atoms with van der Waals surface area (Å²) in [4.78, 5) is 12.1. The van der Waals surface area contributed by atoms with Crippen LogP contribution in [0.25, 0.3) is 0 Å². The van der Waals surface area contributed by atoms with Gasteiger partial charge in [-0.25, -0.2) is 5.43 Å². The number of azo groups is 1. The zero-order valence-electron chi connectivity index (χ0n) is 18.8. The van der Waals surface area contributed by atoms with Gasteiger partial charge < -0.3 is 14.6 Å². The minimum atomic E-state index is -0.456. The summed E-state index contributed by atoms with van der Waals surface area (Å²) in [6.07, 6.45) is 1.33. The number of hydrazone groups is 1. The number of amides is 1. The molecule has 0 aliphatic carbocycles. The molecule has 8 nitrogen and oxygen atoms in total. The molecule has 0 atom stereocenters. The highest BCUT2D eigenvalue weighted by Crippen LogP contribution is 2.26. The van der Waals surface area contributed by atoms with Crippen LogP contribution < -0.4 is 14.9 Å². The van der Waals surface area contributed by atoms with E-state index >= 15 is 0 Å². The average Bonchev–Trinajstić information content (AvgIpc) is 2.81. The predicted octanol–water partition coefficient (Wildman–Crippen LogP) is 5.35. The number of benzene rings is 3. The van der Waals surface area contributed by atoms with Crippen molar-refractivity contribution in [3.63, 3.8) is 0 Å². The Morgan fingerprint density at radius 2 is 1.61 bits per heavy atom. The van der Waals surface area contributed by atoms with Crippen LogP contribution in [0.3, 0.4) is 0 Å². The first-order chi connectivity index (χ1) is 16.0. The van der Waals surface area contributed by atoms with E-state index in [0.29, 0.717) is 29.4 Å². The monoisotopic (exact) mass is 446 g/mol. The van der Waals surface area contributed by atoms with E-state index in [2.05, 4.69) is 20.8 Å². The van der Waals surface area contributed by atoms with Crippen molar-refractivity contribution in [2.45, 2.75) is 20.8 Å². The first-order valence-corrected chi connectivity index (χ1v) is 10.4. The second kappa shape index (κ2) is 11.4. The van der Waals surface area contributed by atoms with Gasteiger partial charge in [0.05, 0.1) is 24.2 Å². The topological polar surface area (TPSA) is 105 Å². The maximum atomic E-state index is 12.1. The Bertz CT molecular complexity index is 1170. The van der Waals surface area contributed by atoms with Gasteiger partial charge in [0.2, 0.25) is 0 Å². The van der Waals surface area contributed by atoms with Crippen LogP contribution in [0.15, 0.2) is 76.0 Å². The third kappa shape index (κ3) is 6.90. The summed E-state index contributed by atoms with van der Waals surface area (Å²) in [7, 11) is 0. The molecular formula is C25H26N4O4. The first-order valence-electron chi connectivity index (χ1n) is 10.4. The smallest absolute Gasteiger partial charge is 0.277 e. The van der Waals surface area contributed by atoms with E-state index in [1.807, 2.05) is 45.0 Å². The molecule has 0 aliphatic heterocycles. The van der Waals surface area contributed by atoms with Crippen molar-refractivity contribution >= 4 is 23.5 Å². The SMILES string of the molecule is CCOc1ccccc1OCC(=O)N/N=C\c1cc(N=Nc2ccc(C)c(C)c2)ccc1O. The second-order valence-corrected chi connectivity index (χ2v) is 7.17. The van der Waals surface area contributed by atoms with E-state index in [4.69, 9.17) is 9.47 Å². The number of aryl methyl sites for hydroxylation is 2. The van der Waals surface area contributed by atoms with Crippen molar-refractivity contribution in [1.82, 2.24) is 5.43 Å². The van der Waals surface area contributed by atoms with Crippen LogP contribution in [0.5, 0.6) is 17.2 Å². The van der Waals surface area contributed by atoms with Gasteiger partial charge in [0.25, 0.3) is 5.91 Å². The highest BCUT2D eigenvalue weighted by Gasteiger charge is 2.07. The van der Waals surface area contributed by atoms with Crippen LogP contribution >= 0.6 is 0 Å². The summed E-state index contributed by atoms with van der Waals surface area (Å²) in [5.41, 5.74) is 6.34. The third-order valence-corrected chi connectivity index (χ3v) is 4.68. The number of nitrogens with one attached hydrogen (secondary N) is 1. The van der Waals surface area contributed by atoms with Gasteiger partial charge in [-0.15, -0.1) is 0 Å². The molecule has 3 aromatic carbocycles. The Morgan fingerprint density at radius 1 is 0.939 bits per heavy atom.